The van der Waals surface area contributed by atoms with Gasteiger partial charge >= 0.3 is 0 Å². The van der Waals surface area contributed by atoms with Crippen LogP contribution < -0.4 is 9.47 Å². The molecular weight excluding hydrogens is 434 g/mol. The molecule has 0 radical (unpaired) electrons. The summed E-state index contributed by atoms with van der Waals surface area (Å²) in [5.74, 6) is 3.35. The predicted octanol–water partition coefficient (Wildman–Crippen LogP) is 4.82. The van der Waals surface area contributed by atoms with Crippen LogP contribution in [0.1, 0.15) is 31.7 Å². The molecule has 0 amide bonds. The smallest absolute Gasteiger partial charge is 0.199 e. The van der Waals surface area contributed by atoms with Gasteiger partial charge in [-0.05, 0) is 80.6 Å². The lowest BCUT2D eigenvalue weighted by Crippen LogP contribution is -2.35. The molecule has 1 aliphatic rings. The van der Waals surface area contributed by atoms with Crippen molar-refractivity contribution in [3.63, 3.8) is 0 Å². The molecule has 176 valence electrons. The lowest BCUT2D eigenvalue weighted by molar-refractivity contribution is 0.136. The Labute approximate surface area is 201 Å². The summed E-state index contributed by atoms with van der Waals surface area (Å²) in [7, 11) is 3.40. The minimum atomic E-state index is 0.729. The molecule has 0 bridgehead atoms. The molecule has 1 aromatic carbocycles. The van der Waals surface area contributed by atoms with E-state index in [4.69, 9.17) is 26.8 Å². The number of aryl methyl sites for hydroxylation is 1. The van der Waals surface area contributed by atoms with Gasteiger partial charge in [-0.3, -0.25) is 9.88 Å². The normalized spacial score (nSPS) is 15.0. The maximum absolute atomic E-state index is 5.74. The summed E-state index contributed by atoms with van der Waals surface area (Å²) in [6.07, 6.45) is 8.20. The Hall–Kier alpha value is -2.71. The number of likely N-dealkylation sites (tertiary alicyclic amines) is 1. The molecule has 0 N–H and O–H groups in total. The van der Waals surface area contributed by atoms with Gasteiger partial charge in [-0.2, -0.15) is 5.10 Å². The average Bonchev–Trinajstić information content (AvgIpc) is 3.18. The molecule has 8 heteroatoms. The van der Waals surface area contributed by atoms with Gasteiger partial charge in [-0.25, -0.2) is 4.68 Å². The summed E-state index contributed by atoms with van der Waals surface area (Å²) in [5, 5.41) is 4.85. The van der Waals surface area contributed by atoms with Gasteiger partial charge in [0.05, 0.1) is 20.9 Å². The zero-order valence-electron chi connectivity index (χ0n) is 19.7. The predicted molar refractivity (Wildman–Crippen MR) is 132 cm³/mol. The van der Waals surface area contributed by atoms with Gasteiger partial charge in [-0.15, -0.1) is 0 Å². The highest BCUT2D eigenvalue weighted by molar-refractivity contribution is 7.71. The first-order valence-corrected chi connectivity index (χ1v) is 12.0. The van der Waals surface area contributed by atoms with Crippen molar-refractivity contribution >= 4 is 12.2 Å². The minimum Gasteiger partial charge on any atom is -0.497 e. The molecule has 33 heavy (non-hydrogen) atoms. The van der Waals surface area contributed by atoms with Crippen LogP contribution in [0.2, 0.25) is 0 Å². The van der Waals surface area contributed by atoms with Crippen LogP contribution in [-0.2, 0) is 19.6 Å². The van der Waals surface area contributed by atoms with Crippen LogP contribution in [0.4, 0.5) is 0 Å². The van der Waals surface area contributed by atoms with Crippen LogP contribution in [0.15, 0.2) is 42.7 Å². The molecule has 0 atom stereocenters. The molecule has 1 fully saturated rings. The van der Waals surface area contributed by atoms with Crippen molar-refractivity contribution in [2.75, 3.05) is 27.3 Å². The fraction of sp³-hybridized carbons (Fsp3) is 0.480. The van der Waals surface area contributed by atoms with Crippen molar-refractivity contribution in [2.24, 2.45) is 5.92 Å². The standard InChI is InChI=1S/C25H33N5O2S/c1-4-29-24(21-7-11-26-12-8-21)27-30(25(29)33)18-28-13-9-19(10-14-28)5-6-20-15-22(31-2)17-23(16-20)32-3/h7-8,11-12,15-17,19H,4-6,9-10,13-14,18H2,1-3H3. The van der Waals surface area contributed by atoms with Crippen LogP contribution in [0.25, 0.3) is 11.4 Å². The van der Waals surface area contributed by atoms with Crippen LogP contribution >= 0.6 is 12.2 Å². The Bertz CT molecular complexity index is 1080. The van der Waals surface area contributed by atoms with Gasteiger partial charge in [0.2, 0.25) is 0 Å². The van der Waals surface area contributed by atoms with E-state index >= 15 is 0 Å². The maximum Gasteiger partial charge on any atom is 0.199 e. The van der Waals surface area contributed by atoms with Crippen molar-refractivity contribution in [1.82, 2.24) is 24.2 Å². The third-order valence-corrected chi connectivity index (χ3v) is 6.90. The SMILES string of the molecule is CCn1c(-c2ccncc2)nn(CN2CCC(CCc3cc(OC)cc(OC)c3)CC2)c1=S. The zero-order chi connectivity index (χ0) is 23.2. The number of aromatic nitrogens is 4. The van der Waals surface area contributed by atoms with Crippen LogP contribution in [0.3, 0.4) is 0 Å². The first-order chi connectivity index (χ1) is 16.1. The molecule has 0 unspecified atom stereocenters. The van der Waals surface area contributed by atoms with Crippen molar-refractivity contribution in [1.29, 1.82) is 0 Å². The molecule has 0 saturated carbocycles. The van der Waals surface area contributed by atoms with E-state index < -0.39 is 0 Å². The Kier molecular flexibility index (Phi) is 7.77. The van der Waals surface area contributed by atoms with Crippen LogP contribution in [0, 0.1) is 10.7 Å². The van der Waals surface area contributed by atoms with Crippen molar-refractivity contribution < 1.29 is 9.47 Å². The van der Waals surface area contributed by atoms with Gasteiger partial charge in [0.25, 0.3) is 0 Å². The van der Waals surface area contributed by atoms with E-state index in [1.807, 2.05) is 22.9 Å². The minimum absolute atomic E-state index is 0.729. The van der Waals surface area contributed by atoms with Crippen molar-refractivity contribution in [2.45, 2.75) is 45.8 Å². The van der Waals surface area contributed by atoms with E-state index in [1.54, 1.807) is 26.6 Å². The molecule has 7 nitrogen and oxygen atoms in total. The first kappa shape index (κ1) is 23.4. The number of nitrogens with zero attached hydrogens (tertiary/aromatic N) is 5. The lowest BCUT2D eigenvalue weighted by Gasteiger charge is -2.31. The average molecular weight is 468 g/mol. The molecule has 1 aliphatic heterocycles. The Morgan fingerprint density at radius 3 is 2.30 bits per heavy atom. The fourth-order valence-electron chi connectivity index (χ4n) is 4.52. The summed E-state index contributed by atoms with van der Waals surface area (Å²) in [6, 6.07) is 10.1. The topological polar surface area (TPSA) is 57.3 Å². The second-order valence-corrected chi connectivity index (χ2v) is 8.91. The summed E-state index contributed by atoms with van der Waals surface area (Å²) in [5.41, 5.74) is 2.32. The highest BCUT2D eigenvalue weighted by atomic mass is 32.1. The molecule has 4 rings (SSSR count). The largest absolute Gasteiger partial charge is 0.497 e. The van der Waals surface area contributed by atoms with Gasteiger partial charge in [0.15, 0.2) is 10.6 Å². The van der Waals surface area contributed by atoms with Crippen molar-refractivity contribution in [3.05, 3.63) is 53.1 Å². The van der Waals surface area contributed by atoms with Gasteiger partial charge < -0.3 is 14.0 Å². The Balaban J connectivity index is 1.34. The second kappa shape index (κ2) is 10.9. The van der Waals surface area contributed by atoms with Gasteiger partial charge in [0.1, 0.15) is 11.5 Å². The highest BCUT2D eigenvalue weighted by Gasteiger charge is 2.21. The van der Waals surface area contributed by atoms with Crippen LogP contribution in [0.5, 0.6) is 11.5 Å². The van der Waals surface area contributed by atoms with Gasteiger partial charge in [0, 0.05) is 43.7 Å². The van der Waals surface area contributed by atoms with Crippen LogP contribution in [-0.4, -0.2) is 51.5 Å². The zero-order valence-corrected chi connectivity index (χ0v) is 20.6. The highest BCUT2D eigenvalue weighted by Crippen LogP contribution is 2.27. The van der Waals surface area contributed by atoms with E-state index in [0.29, 0.717) is 0 Å². The summed E-state index contributed by atoms with van der Waals surface area (Å²) >= 11 is 5.74. The number of ether oxygens (including phenoxy) is 2. The van der Waals surface area contributed by atoms with Gasteiger partial charge in [-0.1, -0.05) is 0 Å². The number of hydrogen-bond acceptors (Lipinski definition) is 6. The molecule has 0 aliphatic carbocycles. The van der Waals surface area contributed by atoms with E-state index in [9.17, 15) is 0 Å². The second-order valence-electron chi connectivity index (χ2n) is 8.55. The summed E-state index contributed by atoms with van der Waals surface area (Å²) < 4.78 is 15.7. The summed E-state index contributed by atoms with van der Waals surface area (Å²) in [6.45, 7) is 5.78. The molecular formula is C25H33N5O2S. The van der Waals surface area contributed by atoms with E-state index in [1.165, 1.54) is 24.8 Å². The molecule has 3 heterocycles. The maximum atomic E-state index is 5.74. The Morgan fingerprint density at radius 1 is 1.03 bits per heavy atom. The number of pyridine rings is 1. The molecule has 3 aromatic rings. The number of hydrogen-bond donors (Lipinski definition) is 0. The number of benzene rings is 1. The fourth-order valence-corrected chi connectivity index (χ4v) is 4.83. The molecule has 2 aromatic heterocycles. The third-order valence-electron chi connectivity index (χ3n) is 6.47. The summed E-state index contributed by atoms with van der Waals surface area (Å²) in [4.78, 5) is 6.58. The Morgan fingerprint density at radius 2 is 1.70 bits per heavy atom. The van der Waals surface area contributed by atoms with E-state index in [0.717, 1.165) is 66.3 Å². The van der Waals surface area contributed by atoms with E-state index in [-0.39, 0.29) is 0 Å². The molecule has 1 saturated heterocycles. The molecule has 0 spiro atoms. The number of piperidine rings is 1. The van der Waals surface area contributed by atoms with Crippen molar-refractivity contribution in [3.8, 4) is 22.9 Å². The number of methoxy groups -OCH3 is 2. The first-order valence-electron chi connectivity index (χ1n) is 11.6. The number of rotatable bonds is 9. The third kappa shape index (κ3) is 5.62. The van der Waals surface area contributed by atoms with E-state index in [2.05, 4.69) is 33.5 Å². The lowest BCUT2D eigenvalue weighted by atomic mass is 9.90. The monoisotopic (exact) mass is 467 g/mol. The quantitative estimate of drug-likeness (QED) is 0.421.